The number of hydrogen-bond donors (Lipinski definition) is 1. The number of aromatic nitrogens is 2. The zero-order valence-corrected chi connectivity index (χ0v) is 17.2. The number of hydrogen-bond acceptors (Lipinski definition) is 6. The van der Waals surface area contributed by atoms with Gasteiger partial charge in [0.2, 0.25) is 0 Å². The highest BCUT2D eigenvalue weighted by molar-refractivity contribution is 6.21. The maximum atomic E-state index is 12.7. The van der Waals surface area contributed by atoms with Crippen molar-refractivity contribution in [2.75, 3.05) is 6.54 Å². The van der Waals surface area contributed by atoms with Crippen LogP contribution in [0.2, 0.25) is 0 Å². The number of amides is 2. The second-order valence-corrected chi connectivity index (χ2v) is 7.39. The van der Waals surface area contributed by atoms with Gasteiger partial charge in [-0.1, -0.05) is 25.5 Å². The van der Waals surface area contributed by atoms with Crippen molar-refractivity contribution in [1.82, 2.24) is 14.9 Å². The first-order valence-corrected chi connectivity index (χ1v) is 10.1. The molecule has 0 unspecified atom stereocenters. The molecule has 0 bridgehead atoms. The Hall–Kier alpha value is -3.81. The molecule has 1 aliphatic rings. The average molecular weight is 419 g/mol. The number of rotatable bonds is 6. The Morgan fingerprint density at radius 1 is 1.10 bits per heavy atom. The van der Waals surface area contributed by atoms with Crippen molar-refractivity contribution in [3.63, 3.8) is 0 Å². The summed E-state index contributed by atoms with van der Waals surface area (Å²) >= 11 is 0. The fourth-order valence-corrected chi connectivity index (χ4v) is 3.52. The molecule has 2 heterocycles. The number of unbranched alkanes of at least 4 members (excludes halogenated alkanes) is 1. The van der Waals surface area contributed by atoms with Gasteiger partial charge >= 0.3 is 5.97 Å². The van der Waals surface area contributed by atoms with E-state index in [9.17, 15) is 19.2 Å². The molecular formula is C23H21N3O5. The third kappa shape index (κ3) is 3.72. The molecule has 0 fully saturated rings. The van der Waals surface area contributed by atoms with Gasteiger partial charge in [-0.2, -0.15) is 0 Å². The molecular weight excluding hydrogens is 398 g/mol. The summed E-state index contributed by atoms with van der Waals surface area (Å²) in [5.74, 6) is -1.22. The number of esters is 1. The summed E-state index contributed by atoms with van der Waals surface area (Å²) < 4.78 is 5.46. The van der Waals surface area contributed by atoms with Crippen molar-refractivity contribution >= 4 is 28.7 Å². The Bertz CT molecular complexity index is 1260. The van der Waals surface area contributed by atoms with E-state index in [1.54, 1.807) is 31.2 Å². The molecule has 0 spiro atoms. The van der Waals surface area contributed by atoms with Crippen LogP contribution < -0.4 is 5.56 Å². The Morgan fingerprint density at radius 3 is 2.61 bits per heavy atom. The average Bonchev–Trinajstić information content (AvgIpc) is 3.01. The van der Waals surface area contributed by atoms with E-state index in [4.69, 9.17) is 4.74 Å². The highest BCUT2D eigenvalue weighted by Crippen LogP contribution is 2.25. The third-order valence-electron chi connectivity index (χ3n) is 5.24. The largest absolute Gasteiger partial charge is 0.451 e. The van der Waals surface area contributed by atoms with Crippen LogP contribution in [0.3, 0.4) is 0 Å². The molecule has 31 heavy (non-hydrogen) atoms. The molecule has 1 aromatic heterocycles. The predicted octanol–water partition coefficient (Wildman–Crippen LogP) is 3.24. The van der Waals surface area contributed by atoms with E-state index in [0.717, 1.165) is 12.8 Å². The summed E-state index contributed by atoms with van der Waals surface area (Å²) in [5.41, 5.74) is 0.800. The molecule has 2 aromatic carbocycles. The molecule has 8 heteroatoms. The van der Waals surface area contributed by atoms with Gasteiger partial charge in [0.1, 0.15) is 0 Å². The number of carbonyl (C=O) groups is 3. The maximum absolute atomic E-state index is 12.7. The Balaban J connectivity index is 1.55. The number of carbonyl (C=O) groups excluding carboxylic acids is 3. The summed E-state index contributed by atoms with van der Waals surface area (Å²) in [6, 6.07) is 11.2. The van der Waals surface area contributed by atoms with E-state index in [1.165, 1.54) is 23.1 Å². The lowest BCUT2D eigenvalue weighted by Gasteiger charge is -2.13. The van der Waals surface area contributed by atoms with E-state index >= 15 is 0 Å². The van der Waals surface area contributed by atoms with Crippen molar-refractivity contribution in [2.24, 2.45) is 0 Å². The number of nitrogens with zero attached hydrogens (tertiary/aromatic N) is 2. The summed E-state index contributed by atoms with van der Waals surface area (Å²) in [4.78, 5) is 58.2. The Morgan fingerprint density at radius 2 is 1.84 bits per heavy atom. The van der Waals surface area contributed by atoms with E-state index in [0.29, 0.717) is 17.4 Å². The zero-order valence-electron chi connectivity index (χ0n) is 17.2. The molecule has 1 atom stereocenters. The zero-order chi connectivity index (χ0) is 22.1. The highest BCUT2D eigenvalue weighted by Gasteiger charge is 2.35. The minimum Gasteiger partial charge on any atom is -0.451 e. The first-order chi connectivity index (χ1) is 14.9. The standard InChI is InChI=1S/C23H21N3O5/c1-3-4-11-26-21(28)15-10-9-14(12-17(15)22(26)29)23(30)31-13(2)19-24-18-8-6-5-7-16(18)20(27)25-19/h5-10,12-13H,3-4,11H2,1-2H3,(H,24,25,27)/t13-/m0/s1. The van der Waals surface area contributed by atoms with Crippen molar-refractivity contribution in [3.05, 3.63) is 75.3 Å². The van der Waals surface area contributed by atoms with Crippen LogP contribution in [0.25, 0.3) is 10.9 Å². The first-order valence-electron chi connectivity index (χ1n) is 10.1. The fourth-order valence-electron chi connectivity index (χ4n) is 3.52. The van der Waals surface area contributed by atoms with Crippen molar-refractivity contribution in [2.45, 2.75) is 32.8 Å². The van der Waals surface area contributed by atoms with Crippen LogP contribution in [0.4, 0.5) is 0 Å². The van der Waals surface area contributed by atoms with Crippen LogP contribution in [0.5, 0.6) is 0 Å². The number of fused-ring (bicyclic) bond motifs is 2. The number of nitrogens with one attached hydrogen (secondary N) is 1. The van der Waals surface area contributed by atoms with Gasteiger partial charge in [0.15, 0.2) is 11.9 Å². The highest BCUT2D eigenvalue weighted by atomic mass is 16.5. The SMILES string of the molecule is CCCCN1C(=O)c2ccc(C(=O)O[C@@H](C)c3nc4ccccc4c(=O)[nH]3)cc2C1=O. The quantitative estimate of drug-likeness (QED) is 0.485. The number of benzene rings is 2. The molecule has 8 nitrogen and oxygen atoms in total. The third-order valence-corrected chi connectivity index (χ3v) is 5.24. The van der Waals surface area contributed by atoms with Gasteiger partial charge in [-0.25, -0.2) is 9.78 Å². The minimum atomic E-state index is -0.823. The van der Waals surface area contributed by atoms with Crippen molar-refractivity contribution < 1.29 is 19.1 Å². The molecule has 0 aliphatic carbocycles. The summed E-state index contributed by atoms with van der Waals surface area (Å²) in [6.07, 6.45) is 0.749. The van der Waals surface area contributed by atoms with Crippen LogP contribution in [0.15, 0.2) is 47.3 Å². The topological polar surface area (TPSA) is 109 Å². The van der Waals surface area contributed by atoms with Crippen molar-refractivity contribution in [1.29, 1.82) is 0 Å². The molecule has 0 radical (unpaired) electrons. The lowest BCUT2D eigenvalue weighted by Crippen LogP contribution is -2.30. The lowest BCUT2D eigenvalue weighted by molar-refractivity contribution is 0.0319. The van der Waals surface area contributed by atoms with Crippen LogP contribution >= 0.6 is 0 Å². The monoisotopic (exact) mass is 419 g/mol. The molecule has 2 amide bonds. The van der Waals surface area contributed by atoms with Gasteiger partial charge in [0, 0.05) is 6.54 Å². The van der Waals surface area contributed by atoms with Gasteiger partial charge < -0.3 is 9.72 Å². The van der Waals surface area contributed by atoms with Crippen LogP contribution in [0, 0.1) is 0 Å². The fraction of sp³-hybridized carbons (Fsp3) is 0.261. The second-order valence-electron chi connectivity index (χ2n) is 7.39. The van der Waals surface area contributed by atoms with Crippen molar-refractivity contribution in [3.8, 4) is 0 Å². The molecule has 1 N–H and O–H groups in total. The molecule has 0 saturated heterocycles. The normalized spacial score (nSPS) is 14.1. The molecule has 3 aromatic rings. The van der Waals surface area contributed by atoms with Gasteiger partial charge in [-0.15, -0.1) is 0 Å². The molecule has 158 valence electrons. The minimum absolute atomic E-state index is 0.146. The summed E-state index contributed by atoms with van der Waals surface area (Å²) in [7, 11) is 0. The number of imide groups is 1. The van der Waals surface area contributed by atoms with E-state index in [2.05, 4.69) is 9.97 Å². The second kappa shape index (κ2) is 8.14. The van der Waals surface area contributed by atoms with Gasteiger partial charge in [0.05, 0.1) is 27.6 Å². The van der Waals surface area contributed by atoms with E-state index in [-0.39, 0.29) is 34.0 Å². The first kappa shape index (κ1) is 20.5. The summed E-state index contributed by atoms with van der Waals surface area (Å²) in [6.45, 7) is 3.92. The van der Waals surface area contributed by atoms with E-state index < -0.39 is 18.0 Å². The van der Waals surface area contributed by atoms with Crippen LogP contribution in [-0.2, 0) is 4.74 Å². The lowest BCUT2D eigenvalue weighted by atomic mass is 10.1. The predicted molar refractivity (Wildman–Crippen MR) is 113 cm³/mol. The Labute approximate surface area is 177 Å². The smallest absolute Gasteiger partial charge is 0.338 e. The van der Waals surface area contributed by atoms with Gasteiger partial charge in [-0.05, 0) is 43.7 Å². The van der Waals surface area contributed by atoms with Crippen LogP contribution in [-0.4, -0.2) is 39.2 Å². The van der Waals surface area contributed by atoms with E-state index in [1.807, 2.05) is 6.92 Å². The molecule has 1 aliphatic heterocycles. The number of ether oxygens (including phenoxy) is 1. The molecule has 0 saturated carbocycles. The number of aromatic amines is 1. The summed E-state index contributed by atoms with van der Waals surface area (Å²) in [5, 5.41) is 0.444. The number of H-pyrrole nitrogens is 1. The Kier molecular flexibility index (Phi) is 5.37. The van der Waals surface area contributed by atoms with Gasteiger partial charge in [0.25, 0.3) is 17.4 Å². The molecule has 4 rings (SSSR count). The maximum Gasteiger partial charge on any atom is 0.338 e. The number of para-hydroxylation sites is 1. The van der Waals surface area contributed by atoms with Crippen LogP contribution in [0.1, 0.15) is 69.7 Å². The van der Waals surface area contributed by atoms with Gasteiger partial charge in [-0.3, -0.25) is 19.3 Å².